The maximum absolute atomic E-state index is 13.0. The number of hydrogen-bond donors (Lipinski definition) is 2. The molecule has 0 bridgehead atoms. The number of phenolic OH excluding ortho intramolecular Hbond substituents is 1. The fraction of sp³-hybridized carbons (Fsp3) is 0.200. The van der Waals surface area contributed by atoms with Crippen LogP contribution in [0.1, 0.15) is 23.6 Å². The highest BCUT2D eigenvalue weighted by Gasteiger charge is 2.47. The molecule has 0 aliphatic heterocycles. The van der Waals surface area contributed by atoms with Crippen molar-refractivity contribution in [1.29, 1.82) is 0 Å². The van der Waals surface area contributed by atoms with Gasteiger partial charge in [0.2, 0.25) is 5.91 Å². The second-order valence-electron chi connectivity index (χ2n) is 6.49. The summed E-state index contributed by atoms with van der Waals surface area (Å²) in [5.41, 5.74) is 2.93. The summed E-state index contributed by atoms with van der Waals surface area (Å²) in [6.07, 6.45) is 2.37. The maximum atomic E-state index is 13.0. The van der Waals surface area contributed by atoms with Crippen LogP contribution >= 0.6 is 11.3 Å². The summed E-state index contributed by atoms with van der Waals surface area (Å²) in [5, 5.41) is 15.1. The van der Waals surface area contributed by atoms with E-state index in [-0.39, 0.29) is 17.6 Å². The summed E-state index contributed by atoms with van der Waals surface area (Å²) < 4.78 is 0. The van der Waals surface area contributed by atoms with Gasteiger partial charge in [0.15, 0.2) is 5.13 Å². The number of rotatable bonds is 3. The van der Waals surface area contributed by atoms with Crippen molar-refractivity contribution in [3.63, 3.8) is 0 Å². The number of hydrogen-bond acceptors (Lipinski definition) is 4. The molecule has 4 rings (SSSR count). The molecule has 1 aliphatic rings. The van der Waals surface area contributed by atoms with Gasteiger partial charge in [0.05, 0.1) is 5.92 Å². The van der Waals surface area contributed by atoms with Crippen LogP contribution in [-0.4, -0.2) is 16.0 Å². The van der Waals surface area contributed by atoms with E-state index < -0.39 is 5.41 Å². The first-order valence-electron chi connectivity index (χ1n) is 8.17. The lowest BCUT2D eigenvalue weighted by Gasteiger charge is -2.32. The molecule has 0 fully saturated rings. The molecule has 0 radical (unpaired) electrons. The lowest BCUT2D eigenvalue weighted by Crippen LogP contribution is -2.38. The number of anilines is 1. The first-order valence-corrected chi connectivity index (χ1v) is 9.05. The molecular formula is C20H18N2O2S. The number of nitrogens with zero attached hydrogens (tertiary/aromatic N) is 1. The number of amides is 1. The molecule has 3 aromatic rings. The summed E-state index contributed by atoms with van der Waals surface area (Å²) in [6.45, 7) is 2.11. The Morgan fingerprint density at radius 3 is 2.72 bits per heavy atom. The molecule has 0 saturated carbocycles. The van der Waals surface area contributed by atoms with Gasteiger partial charge in [0.1, 0.15) is 5.75 Å². The normalized spacial score (nSPS) is 21.7. The van der Waals surface area contributed by atoms with Gasteiger partial charge >= 0.3 is 0 Å². The van der Waals surface area contributed by atoms with Crippen molar-refractivity contribution in [1.82, 2.24) is 4.98 Å². The van der Waals surface area contributed by atoms with Crippen LogP contribution in [-0.2, 0) is 16.6 Å². The fourth-order valence-corrected chi connectivity index (χ4v) is 4.35. The van der Waals surface area contributed by atoms with Crippen LogP contribution in [0.2, 0.25) is 0 Å². The molecule has 0 spiro atoms. The molecule has 5 heteroatoms. The van der Waals surface area contributed by atoms with Crippen molar-refractivity contribution < 1.29 is 9.90 Å². The molecular weight excluding hydrogens is 332 g/mol. The Labute approximate surface area is 150 Å². The highest BCUT2D eigenvalue weighted by Crippen LogP contribution is 2.48. The van der Waals surface area contributed by atoms with E-state index in [1.165, 1.54) is 22.5 Å². The second-order valence-corrected chi connectivity index (χ2v) is 7.38. The Hall–Kier alpha value is -2.66. The van der Waals surface area contributed by atoms with Crippen LogP contribution in [0, 0.1) is 5.92 Å². The van der Waals surface area contributed by atoms with Crippen LogP contribution in [0.25, 0.3) is 0 Å². The monoisotopic (exact) mass is 350 g/mol. The van der Waals surface area contributed by atoms with Crippen LogP contribution in [0.4, 0.5) is 5.13 Å². The molecule has 1 amide bonds. The van der Waals surface area contributed by atoms with Gasteiger partial charge in [-0.1, -0.05) is 43.3 Å². The number of aromatic nitrogens is 1. The Morgan fingerprint density at radius 2 is 2.00 bits per heavy atom. The molecule has 2 N–H and O–H groups in total. The number of nitrogens with one attached hydrogen (secondary N) is 1. The van der Waals surface area contributed by atoms with E-state index in [0.29, 0.717) is 11.6 Å². The van der Waals surface area contributed by atoms with E-state index in [2.05, 4.69) is 29.4 Å². The number of benzene rings is 2. The predicted molar refractivity (Wildman–Crippen MR) is 98.9 cm³/mol. The van der Waals surface area contributed by atoms with Crippen molar-refractivity contribution in [2.45, 2.75) is 18.8 Å². The first kappa shape index (κ1) is 15.8. The first-order chi connectivity index (χ1) is 12.1. The Kier molecular flexibility index (Phi) is 3.81. The standard InChI is InChI=1S/C20H18N2O2S/c1-20(14-6-8-15(23)9-7-14)16-5-3-2-4-13(16)12-17(20)18(24)22-19-21-10-11-25-19/h2-11,17,23H,12H2,1H3,(H,21,22,24). The second kappa shape index (κ2) is 6.01. The van der Waals surface area contributed by atoms with Crippen molar-refractivity contribution in [2.75, 3.05) is 5.32 Å². The minimum absolute atomic E-state index is 0.0262. The molecule has 2 aromatic carbocycles. The summed E-state index contributed by atoms with van der Waals surface area (Å²) in [4.78, 5) is 17.2. The predicted octanol–water partition coefficient (Wildman–Crippen LogP) is 3.97. The van der Waals surface area contributed by atoms with Crippen molar-refractivity contribution in [3.05, 3.63) is 76.8 Å². The lowest BCUT2D eigenvalue weighted by molar-refractivity contribution is -0.121. The molecule has 0 saturated heterocycles. The van der Waals surface area contributed by atoms with Gasteiger partial charge in [-0.3, -0.25) is 4.79 Å². The number of phenols is 1. The van der Waals surface area contributed by atoms with E-state index >= 15 is 0 Å². The molecule has 25 heavy (non-hydrogen) atoms. The third-order valence-corrected chi connectivity index (χ3v) is 5.83. The number of aromatic hydroxyl groups is 1. The summed E-state index contributed by atoms with van der Waals surface area (Å²) in [7, 11) is 0. The van der Waals surface area contributed by atoms with Gasteiger partial charge in [-0.2, -0.15) is 0 Å². The number of thiazole rings is 1. The lowest BCUT2D eigenvalue weighted by atomic mass is 9.71. The van der Waals surface area contributed by atoms with Gasteiger partial charge in [-0.15, -0.1) is 11.3 Å². The molecule has 1 aliphatic carbocycles. The molecule has 2 unspecified atom stereocenters. The number of carbonyl (C=O) groups is 1. The van der Waals surface area contributed by atoms with E-state index in [1.54, 1.807) is 18.3 Å². The quantitative estimate of drug-likeness (QED) is 0.751. The van der Waals surface area contributed by atoms with Gasteiger partial charge in [-0.05, 0) is 35.2 Å². The van der Waals surface area contributed by atoms with Crippen LogP contribution in [0.5, 0.6) is 5.75 Å². The highest BCUT2D eigenvalue weighted by atomic mass is 32.1. The zero-order chi connectivity index (χ0) is 17.4. The highest BCUT2D eigenvalue weighted by molar-refractivity contribution is 7.13. The van der Waals surface area contributed by atoms with Crippen LogP contribution in [0.3, 0.4) is 0 Å². The Bertz CT molecular complexity index is 906. The SMILES string of the molecule is CC1(c2ccc(O)cc2)c2ccccc2CC1C(=O)Nc1nccs1. The van der Waals surface area contributed by atoms with Crippen LogP contribution < -0.4 is 5.32 Å². The number of carbonyl (C=O) groups excluding carboxylic acids is 1. The van der Waals surface area contributed by atoms with Gasteiger partial charge in [-0.25, -0.2) is 4.98 Å². The Morgan fingerprint density at radius 1 is 1.24 bits per heavy atom. The molecule has 2 atom stereocenters. The van der Waals surface area contributed by atoms with E-state index in [9.17, 15) is 9.90 Å². The fourth-order valence-electron chi connectivity index (χ4n) is 3.81. The van der Waals surface area contributed by atoms with Gasteiger partial charge < -0.3 is 10.4 Å². The van der Waals surface area contributed by atoms with Crippen LogP contribution in [0.15, 0.2) is 60.1 Å². The molecule has 4 nitrogen and oxygen atoms in total. The third-order valence-electron chi connectivity index (χ3n) is 5.14. The van der Waals surface area contributed by atoms with E-state index in [0.717, 1.165) is 5.56 Å². The zero-order valence-electron chi connectivity index (χ0n) is 13.8. The third kappa shape index (κ3) is 2.61. The van der Waals surface area contributed by atoms with E-state index in [4.69, 9.17) is 0 Å². The number of fused-ring (bicyclic) bond motifs is 1. The minimum Gasteiger partial charge on any atom is -0.508 e. The minimum atomic E-state index is -0.453. The maximum Gasteiger partial charge on any atom is 0.230 e. The zero-order valence-corrected chi connectivity index (χ0v) is 14.6. The van der Waals surface area contributed by atoms with Crippen molar-refractivity contribution in [3.8, 4) is 5.75 Å². The largest absolute Gasteiger partial charge is 0.508 e. The van der Waals surface area contributed by atoms with Gasteiger partial charge in [0.25, 0.3) is 0 Å². The average molecular weight is 350 g/mol. The molecule has 1 heterocycles. The average Bonchev–Trinajstić information content (AvgIpc) is 3.23. The molecule has 126 valence electrons. The summed E-state index contributed by atoms with van der Waals surface area (Å²) in [5.74, 6) is -0.0394. The summed E-state index contributed by atoms with van der Waals surface area (Å²) >= 11 is 1.42. The van der Waals surface area contributed by atoms with E-state index in [1.807, 2.05) is 29.6 Å². The Balaban J connectivity index is 1.78. The van der Waals surface area contributed by atoms with Crippen molar-refractivity contribution >= 4 is 22.4 Å². The summed E-state index contributed by atoms with van der Waals surface area (Å²) in [6, 6.07) is 15.4. The van der Waals surface area contributed by atoms with Gasteiger partial charge in [0, 0.05) is 17.0 Å². The van der Waals surface area contributed by atoms with Crippen molar-refractivity contribution in [2.24, 2.45) is 5.92 Å². The smallest absolute Gasteiger partial charge is 0.230 e. The topological polar surface area (TPSA) is 62.2 Å². The molecule has 1 aromatic heterocycles.